The maximum atomic E-state index is 4.38. The summed E-state index contributed by atoms with van der Waals surface area (Å²) in [5, 5.41) is 7.05. The van der Waals surface area contributed by atoms with E-state index in [-0.39, 0.29) is 24.0 Å². The minimum Gasteiger partial charge on any atom is -0.356 e. The highest BCUT2D eigenvalue weighted by Crippen LogP contribution is 2.23. The molecule has 6 heteroatoms. The zero-order valence-electron chi connectivity index (χ0n) is 16.4. The van der Waals surface area contributed by atoms with Gasteiger partial charge in [-0.1, -0.05) is 30.3 Å². The van der Waals surface area contributed by atoms with Gasteiger partial charge in [0.25, 0.3) is 0 Å². The average molecular weight is 490 g/mol. The number of hydrogen-bond donors (Lipinski definition) is 2. The summed E-state index contributed by atoms with van der Waals surface area (Å²) in [4.78, 5) is 6.97. The maximum Gasteiger partial charge on any atom is 0.191 e. The topological polar surface area (TPSA) is 39.7 Å². The Morgan fingerprint density at radius 3 is 2.54 bits per heavy atom. The Kier molecular flexibility index (Phi) is 12.4. The molecule has 1 saturated heterocycles. The number of nitrogens with zero attached hydrogens (tertiary/aromatic N) is 2. The SMILES string of the molecule is CN=C(NCCCCSC)NC1CCN(C(C)c2ccccc2)CC1.I. The van der Waals surface area contributed by atoms with Gasteiger partial charge in [-0.05, 0) is 50.2 Å². The lowest BCUT2D eigenvalue weighted by molar-refractivity contribution is 0.158. The number of aliphatic imine (C=N–C) groups is 1. The molecule has 26 heavy (non-hydrogen) atoms. The van der Waals surface area contributed by atoms with Crippen molar-refractivity contribution < 1.29 is 0 Å². The standard InChI is InChI=1S/C20H34N4S.HI/c1-17(18-9-5-4-6-10-18)24-14-11-19(12-15-24)23-20(21-2)22-13-7-8-16-25-3;/h4-6,9-10,17,19H,7-8,11-16H2,1-3H3,(H2,21,22,23);1H. The van der Waals surface area contributed by atoms with Crippen molar-refractivity contribution in [2.45, 2.75) is 44.7 Å². The van der Waals surface area contributed by atoms with E-state index in [0.29, 0.717) is 12.1 Å². The number of halogens is 1. The van der Waals surface area contributed by atoms with Gasteiger partial charge in [0.2, 0.25) is 0 Å². The predicted octanol–water partition coefficient (Wildman–Crippen LogP) is 4.14. The van der Waals surface area contributed by atoms with E-state index in [4.69, 9.17) is 0 Å². The Labute approximate surface area is 181 Å². The smallest absolute Gasteiger partial charge is 0.191 e. The number of unbranched alkanes of at least 4 members (excludes halogenated alkanes) is 1. The van der Waals surface area contributed by atoms with E-state index in [2.05, 4.69) is 64.0 Å². The predicted molar refractivity (Wildman–Crippen MR) is 127 cm³/mol. The highest BCUT2D eigenvalue weighted by atomic mass is 127. The van der Waals surface area contributed by atoms with Crippen LogP contribution >= 0.6 is 35.7 Å². The Morgan fingerprint density at radius 1 is 1.23 bits per heavy atom. The Morgan fingerprint density at radius 2 is 1.92 bits per heavy atom. The first kappa shape index (κ1) is 23.6. The molecular formula is C20H35IN4S. The molecule has 0 radical (unpaired) electrons. The van der Waals surface area contributed by atoms with Crippen LogP contribution in [0.3, 0.4) is 0 Å². The summed E-state index contributed by atoms with van der Waals surface area (Å²) in [5.74, 6) is 2.20. The molecule has 1 aliphatic rings. The molecule has 1 aromatic rings. The lowest BCUT2D eigenvalue weighted by atomic mass is 10.0. The van der Waals surface area contributed by atoms with E-state index in [1.165, 1.54) is 37.0 Å². The molecule has 2 N–H and O–H groups in total. The fourth-order valence-electron chi connectivity index (χ4n) is 3.34. The monoisotopic (exact) mass is 490 g/mol. The fourth-order valence-corrected chi connectivity index (χ4v) is 3.83. The lowest BCUT2D eigenvalue weighted by Crippen LogP contribution is -2.49. The third-order valence-electron chi connectivity index (χ3n) is 4.99. The van der Waals surface area contributed by atoms with Gasteiger partial charge < -0.3 is 10.6 Å². The number of thioether (sulfide) groups is 1. The molecule has 148 valence electrons. The molecule has 1 atom stereocenters. The largest absolute Gasteiger partial charge is 0.356 e. The van der Waals surface area contributed by atoms with Crippen molar-refractivity contribution in [1.29, 1.82) is 0 Å². The van der Waals surface area contributed by atoms with Crippen LogP contribution < -0.4 is 10.6 Å². The van der Waals surface area contributed by atoms with E-state index >= 15 is 0 Å². The Balaban J connectivity index is 0.00000338. The summed E-state index contributed by atoms with van der Waals surface area (Å²) >= 11 is 1.92. The van der Waals surface area contributed by atoms with Gasteiger partial charge in [0.15, 0.2) is 5.96 Å². The van der Waals surface area contributed by atoms with Crippen LogP contribution in [0, 0.1) is 0 Å². The summed E-state index contributed by atoms with van der Waals surface area (Å²) in [5.41, 5.74) is 1.41. The second kappa shape index (κ2) is 13.7. The van der Waals surface area contributed by atoms with Crippen LogP contribution in [0.2, 0.25) is 0 Å². The van der Waals surface area contributed by atoms with Crippen LogP contribution in [0.1, 0.15) is 44.2 Å². The van der Waals surface area contributed by atoms with Crippen molar-refractivity contribution in [1.82, 2.24) is 15.5 Å². The van der Waals surface area contributed by atoms with E-state index in [9.17, 15) is 0 Å². The highest BCUT2D eigenvalue weighted by molar-refractivity contribution is 14.0. The first-order chi connectivity index (χ1) is 12.2. The molecule has 4 nitrogen and oxygen atoms in total. The number of rotatable bonds is 8. The first-order valence-corrected chi connectivity index (χ1v) is 10.9. The second-order valence-corrected chi connectivity index (χ2v) is 7.73. The normalized spacial score (nSPS) is 17.4. The molecule has 2 rings (SSSR count). The van der Waals surface area contributed by atoms with Gasteiger partial charge in [0, 0.05) is 38.8 Å². The number of likely N-dealkylation sites (tertiary alicyclic amines) is 1. The second-order valence-electron chi connectivity index (χ2n) is 6.74. The van der Waals surface area contributed by atoms with Crippen molar-refractivity contribution in [3.8, 4) is 0 Å². The van der Waals surface area contributed by atoms with Crippen LogP contribution in [-0.2, 0) is 0 Å². The molecule has 1 aromatic carbocycles. The molecule has 0 bridgehead atoms. The van der Waals surface area contributed by atoms with Crippen LogP contribution in [0.15, 0.2) is 35.3 Å². The van der Waals surface area contributed by atoms with Crippen LogP contribution in [-0.4, -0.2) is 55.6 Å². The molecular weight excluding hydrogens is 455 g/mol. The van der Waals surface area contributed by atoms with Gasteiger partial charge in [0.05, 0.1) is 0 Å². The van der Waals surface area contributed by atoms with E-state index in [0.717, 1.165) is 25.6 Å². The van der Waals surface area contributed by atoms with Gasteiger partial charge in [-0.3, -0.25) is 9.89 Å². The number of benzene rings is 1. The third kappa shape index (κ3) is 8.05. The lowest BCUT2D eigenvalue weighted by Gasteiger charge is -2.37. The van der Waals surface area contributed by atoms with Crippen LogP contribution in [0.4, 0.5) is 0 Å². The molecule has 0 saturated carbocycles. The van der Waals surface area contributed by atoms with Crippen LogP contribution in [0.5, 0.6) is 0 Å². The van der Waals surface area contributed by atoms with Gasteiger partial charge in [-0.25, -0.2) is 0 Å². The maximum absolute atomic E-state index is 4.38. The summed E-state index contributed by atoms with van der Waals surface area (Å²) in [7, 11) is 1.86. The van der Waals surface area contributed by atoms with Crippen molar-refractivity contribution in [3.05, 3.63) is 35.9 Å². The van der Waals surface area contributed by atoms with Crippen molar-refractivity contribution in [2.24, 2.45) is 4.99 Å². The van der Waals surface area contributed by atoms with E-state index < -0.39 is 0 Å². The molecule has 1 unspecified atom stereocenters. The number of nitrogens with one attached hydrogen (secondary N) is 2. The zero-order chi connectivity index (χ0) is 17.9. The average Bonchev–Trinajstić information content (AvgIpc) is 2.67. The van der Waals surface area contributed by atoms with Crippen molar-refractivity contribution >= 4 is 41.7 Å². The fraction of sp³-hybridized carbons (Fsp3) is 0.650. The zero-order valence-corrected chi connectivity index (χ0v) is 19.6. The molecule has 1 fully saturated rings. The van der Waals surface area contributed by atoms with E-state index in [1.54, 1.807) is 0 Å². The molecule has 1 aliphatic heterocycles. The van der Waals surface area contributed by atoms with Gasteiger partial charge in [-0.2, -0.15) is 11.8 Å². The highest BCUT2D eigenvalue weighted by Gasteiger charge is 2.23. The summed E-state index contributed by atoms with van der Waals surface area (Å²) in [6.45, 7) is 5.60. The van der Waals surface area contributed by atoms with Crippen molar-refractivity contribution in [3.63, 3.8) is 0 Å². The molecule has 0 spiro atoms. The van der Waals surface area contributed by atoms with Crippen molar-refractivity contribution in [2.75, 3.05) is 38.7 Å². The quantitative estimate of drug-likeness (QED) is 0.249. The molecule has 0 amide bonds. The minimum absolute atomic E-state index is 0. The molecule has 0 aliphatic carbocycles. The van der Waals surface area contributed by atoms with Crippen LogP contribution in [0.25, 0.3) is 0 Å². The van der Waals surface area contributed by atoms with Gasteiger partial charge >= 0.3 is 0 Å². The summed E-state index contributed by atoms with van der Waals surface area (Å²) in [6, 6.07) is 11.8. The first-order valence-electron chi connectivity index (χ1n) is 9.49. The number of hydrogen-bond acceptors (Lipinski definition) is 3. The van der Waals surface area contributed by atoms with E-state index in [1.807, 2.05) is 18.8 Å². The summed E-state index contributed by atoms with van der Waals surface area (Å²) in [6.07, 6.45) is 6.98. The number of guanidine groups is 1. The Bertz CT molecular complexity index is 504. The minimum atomic E-state index is 0. The molecule has 1 heterocycles. The molecule has 0 aromatic heterocycles. The van der Waals surface area contributed by atoms with Gasteiger partial charge in [-0.15, -0.1) is 24.0 Å². The Hall–Kier alpha value is -0.470. The summed E-state index contributed by atoms with van der Waals surface area (Å²) < 4.78 is 0. The number of piperidine rings is 1. The third-order valence-corrected chi connectivity index (χ3v) is 5.69. The van der Waals surface area contributed by atoms with Gasteiger partial charge in [0.1, 0.15) is 0 Å².